The summed E-state index contributed by atoms with van der Waals surface area (Å²) in [5, 5.41) is 7.20. The molecular formula is C20H23N5OS2. The molecule has 1 fully saturated rings. The van der Waals surface area contributed by atoms with Crippen LogP contribution < -0.4 is 5.32 Å². The van der Waals surface area contributed by atoms with Gasteiger partial charge < -0.3 is 15.0 Å². The number of ether oxygens (including phenoxy) is 1. The third-order valence-corrected chi connectivity index (χ3v) is 6.24. The van der Waals surface area contributed by atoms with Crippen molar-refractivity contribution in [2.75, 3.05) is 20.3 Å². The van der Waals surface area contributed by atoms with Crippen LogP contribution in [0.4, 0.5) is 0 Å². The van der Waals surface area contributed by atoms with Crippen LogP contribution in [-0.2, 0) is 4.74 Å². The molecule has 0 radical (unpaired) electrons. The van der Waals surface area contributed by atoms with Gasteiger partial charge in [0, 0.05) is 42.8 Å². The molecular weight excluding hydrogens is 390 g/mol. The molecule has 0 unspecified atom stereocenters. The standard InChI is InChI=1S/C20H23N5OS2/c1-13-12-15(14(2)25(13)20-22-8-11-28-20)18-17(16-6-4-5-7-21-16)23-19(27)24(18)9-10-26-3/h4-8,11-12,17-18H,9-10H2,1-3H3,(H,23,27)/t17-,18-/m1/s1. The average Bonchev–Trinajstić information content (AvgIpc) is 3.39. The van der Waals surface area contributed by atoms with E-state index >= 15 is 0 Å². The number of pyridine rings is 1. The number of nitrogens with zero attached hydrogens (tertiary/aromatic N) is 4. The molecule has 4 rings (SSSR count). The SMILES string of the molecule is COCCN1C(=S)N[C@H](c2ccccn2)[C@H]1c1cc(C)n(-c2nccs2)c1C. The maximum atomic E-state index is 5.68. The van der Waals surface area contributed by atoms with Gasteiger partial charge in [0.15, 0.2) is 10.2 Å². The zero-order valence-electron chi connectivity index (χ0n) is 16.1. The topological polar surface area (TPSA) is 55.2 Å². The minimum absolute atomic E-state index is 0.0178. The number of rotatable bonds is 6. The normalized spacial score (nSPS) is 19.2. The van der Waals surface area contributed by atoms with Crippen molar-refractivity contribution in [3.05, 3.63) is 64.7 Å². The summed E-state index contributed by atoms with van der Waals surface area (Å²) in [7, 11) is 1.71. The monoisotopic (exact) mass is 413 g/mol. The van der Waals surface area contributed by atoms with E-state index in [0.717, 1.165) is 28.2 Å². The van der Waals surface area contributed by atoms with Crippen molar-refractivity contribution in [1.29, 1.82) is 0 Å². The molecule has 1 aliphatic rings. The average molecular weight is 414 g/mol. The first-order valence-corrected chi connectivity index (χ1v) is 10.5. The van der Waals surface area contributed by atoms with Gasteiger partial charge in [-0.25, -0.2) is 4.98 Å². The van der Waals surface area contributed by atoms with E-state index in [-0.39, 0.29) is 12.1 Å². The number of hydrogen-bond donors (Lipinski definition) is 1. The van der Waals surface area contributed by atoms with Crippen molar-refractivity contribution in [2.24, 2.45) is 0 Å². The lowest BCUT2D eigenvalue weighted by atomic mass is 9.97. The summed E-state index contributed by atoms with van der Waals surface area (Å²) in [4.78, 5) is 11.3. The summed E-state index contributed by atoms with van der Waals surface area (Å²) >= 11 is 7.32. The maximum Gasteiger partial charge on any atom is 0.193 e. The second-order valence-corrected chi connectivity index (χ2v) is 8.05. The Kier molecular flexibility index (Phi) is 5.43. The summed E-state index contributed by atoms with van der Waals surface area (Å²) in [6.45, 7) is 5.60. The largest absolute Gasteiger partial charge is 0.383 e. The Morgan fingerprint density at radius 3 is 2.79 bits per heavy atom. The molecule has 4 heterocycles. The van der Waals surface area contributed by atoms with Gasteiger partial charge in [-0.3, -0.25) is 9.55 Å². The van der Waals surface area contributed by atoms with Gasteiger partial charge in [-0.2, -0.15) is 0 Å². The van der Waals surface area contributed by atoms with Crippen LogP contribution in [-0.4, -0.2) is 44.8 Å². The number of thiazole rings is 1. The van der Waals surface area contributed by atoms with Gasteiger partial charge in [-0.15, -0.1) is 11.3 Å². The number of nitrogens with one attached hydrogen (secondary N) is 1. The number of methoxy groups -OCH3 is 1. The summed E-state index contributed by atoms with van der Waals surface area (Å²) in [6, 6.07) is 8.26. The molecule has 3 aromatic heterocycles. The summed E-state index contributed by atoms with van der Waals surface area (Å²) in [6.07, 6.45) is 3.67. The van der Waals surface area contributed by atoms with Crippen LogP contribution in [0.25, 0.3) is 5.13 Å². The second-order valence-electron chi connectivity index (χ2n) is 6.79. The lowest BCUT2D eigenvalue weighted by molar-refractivity contribution is 0.164. The molecule has 0 saturated carbocycles. The fraction of sp³-hybridized carbons (Fsp3) is 0.350. The van der Waals surface area contributed by atoms with E-state index in [1.54, 1.807) is 18.4 Å². The third kappa shape index (κ3) is 3.32. The van der Waals surface area contributed by atoms with Gasteiger partial charge >= 0.3 is 0 Å². The Balaban J connectivity index is 1.81. The van der Waals surface area contributed by atoms with E-state index in [1.165, 1.54) is 11.3 Å². The molecule has 8 heteroatoms. The van der Waals surface area contributed by atoms with Gasteiger partial charge in [-0.1, -0.05) is 6.07 Å². The molecule has 1 aliphatic heterocycles. The number of aromatic nitrogens is 3. The Bertz CT molecular complexity index is 955. The maximum absolute atomic E-state index is 5.68. The zero-order valence-corrected chi connectivity index (χ0v) is 17.8. The fourth-order valence-corrected chi connectivity index (χ4v) is 4.97. The molecule has 28 heavy (non-hydrogen) atoms. The van der Waals surface area contributed by atoms with Gasteiger partial charge in [0.05, 0.1) is 24.4 Å². The van der Waals surface area contributed by atoms with Gasteiger partial charge in [0.2, 0.25) is 0 Å². The van der Waals surface area contributed by atoms with Crippen LogP contribution in [0.15, 0.2) is 42.0 Å². The van der Waals surface area contributed by atoms with Crippen molar-refractivity contribution in [3.63, 3.8) is 0 Å². The summed E-state index contributed by atoms with van der Waals surface area (Å²) in [5.41, 5.74) is 4.54. The fourth-order valence-electron chi connectivity index (χ4n) is 3.88. The highest BCUT2D eigenvalue weighted by Crippen LogP contribution is 2.41. The first kappa shape index (κ1) is 19.0. The lowest BCUT2D eigenvalue weighted by Crippen LogP contribution is -2.32. The van der Waals surface area contributed by atoms with Crippen molar-refractivity contribution in [3.8, 4) is 5.13 Å². The molecule has 3 aromatic rings. The molecule has 0 aliphatic carbocycles. The molecule has 1 saturated heterocycles. The van der Waals surface area contributed by atoms with Gasteiger partial charge in [0.25, 0.3) is 0 Å². The van der Waals surface area contributed by atoms with E-state index in [1.807, 2.05) is 36.0 Å². The smallest absolute Gasteiger partial charge is 0.193 e. The van der Waals surface area contributed by atoms with E-state index in [9.17, 15) is 0 Å². The molecule has 1 N–H and O–H groups in total. The van der Waals surface area contributed by atoms with Crippen LogP contribution >= 0.6 is 23.6 Å². The Morgan fingerprint density at radius 2 is 2.11 bits per heavy atom. The highest BCUT2D eigenvalue weighted by molar-refractivity contribution is 7.80. The van der Waals surface area contributed by atoms with Crippen molar-refractivity contribution in [1.82, 2.24) is 24.8 Å². The molecule has 0 aromatic carbocycles. The third-order valence-electron chi connectivity index (χ3n) is 5.13. The summed E-state index contributed by atoms with van der Waals surface area (Å²) in [5.74, 6) is 0. The van der Waals surface area contributed by atoms with Crippen molar-refractivity contribution in [2.45, 2.75) is 25.9 Å². The molecule has 2 atom stereocenters. The van der Waals surface area contributed by atoms with Crippen LogP contribution in [0.3, 0.4) is 0 Å². The Hall–Kier alpha value is -2.29. The predicted molar refractivity (Wildman–Crippen MR) is 115 cm³/mol. The van der Waals surface area contributed by atoms with Crippen LogP contribution in [0.2, 0.25) is 0 Å². The first-order chi connectivity index (χ1) is 13.6. The lowest BCUT2D eigenvalue weighted by Gasteiger charge is -2.27. The Labute approximate surface area is 174 Å². The minimum Gasteiger partial charge on any atom is -0.383 e. The highest BCUT2D eigenvalue weighted by atomic mass is 32.1. The predicted octanol–water partition coefficient (Wildman–Crippen LogP) is 3.56. The van der Waals surface area contributed by atoms with Gasteiger partial charge in [0.1, 0.15) is 0 Å². The van der Waals surface area contributed by atoms with E-state index in [2.05, 4.69) is 44.7 Å². The number of aryl methyl sites for hydroxylation is 1. The first-order valence-electron chi connectivity index (χ1n) is 9.17. The number of thiocarbonyl (C=S) groups is 1. The number of hydrogen-bond acceptors (Lipinski definition) is 5. The molecule has 0 spiro atoms. The van der Waals surface area contributed by atoms with E-state index in [4.69, 9.17) is 17.0 Å². The van der Waals surface area contributed by atoms with Crippen molar-refractivity contribution >= 4 is 28.7 Å². The molecule has 0 bridgehead atoms. The zero-order chi connectivity index (χ0) is 19.7. The van der Waals surface area contributed by atoms with Crippen LogP contribution in [0.5, 0.6) is 0 Å². The van der Waals surface area contributed by atoms with E-state index in [0.29, 0.717) is 6.61 Å². The molecule has 6 nitrogen and oxygen atoms in total. The quantitative estimate of drug-likeness (QED) is 0.624. The van der Waals surface area contributed by atoms with Gasteiger partial charge in [-0.05, 0) is 49.8 Å². The Morgan fingerprint density at radius 1 is 1.25 bits per heavy atom. The molecule has 146 valence electrons. The minimum atomic E-state index is -0.0178. The van der Waals surface area contributed by atoms with Crippen LogP contribution in [0.1, 0.15) is 34.7 Å². The molecule has 0 amide bonds. The van der Waals surface area contributed by atoms with E-state index < -0.39 is 0 Å². The summed E-state index contributed by atoms with van der Waals surface area (Å²) < 4.78 is 7.55. The van der Waals surface area contributed by atoms with Crippen molar-refractivity contribution < 1.29 is 4.74 Å². The van der Waals surface area contributed by atoms with Crippen LogP contribution in [0, 0.1) is 13.8 Å². The highest BCUT2D eigenvalue weighted by Gasteiger charge is 2.41. The second kappa shape index (κ2) is 7.98.